The third-order valence-electron chi connectivity index (χ3n) is 5.81. The van der Waals surface area contributed by atoms with Crippen LogP contribution in [0.2, 0.25) is 0 Å². The summed E-state index contributed by atoms with van der Waals surface area (Å²) in [5.74, 6) is 1.36. The third-order valence-corrected chi connectivity index (χ3v) is 5.81. The van der Waals surface area contributed by atoms with Gasteiger partial charge >= 0.3 is 0 Å². The van der Waals surface area contributed by atoms with Crippen LogP contribution in [0.4, 0.5) is 17.3 Å². The summed E-state index contributed by atoms with van der Waals surface area (Å²) in [6.45, 7) is 6.10. The Morgan fingerprint density at radius 2 is 1.86 bits per heavy atom. The molecule has 0 saturated heterocycles. The molecule has 5 aromatic rings. The van der Waals surface area contributed by atoms with Crippen molar-refractivity contribution in [1.29, 1.82) is 5.26 Å². The van der Waals surface area contributed by atoms with E-state index in [0.717, 1.165) is 27.6 Å². The van der Waals surface area contributed by atoms with E-state index in [4.69, 9.17) is 4.98 Å². The second kappa shape index (κ2) is 8.88. The lowest BCUT2D eigenvalue weighted by Crippen LogP contribution is -2.07. The number of hydrogen-bond donors (Lipinski definition) is 1. The maximum Gasteiger partial charge on any atom is 0.270 e. The van der Waals surface area contributed by atoms with E-state index >= 15 is 0 Å². The molecule has 0 amide bonds. The summed E-state index contributed by atoms with van der Waals surface area (Å²) >= 11 is 0. The summed E-state index contributed by atoms with van der Waals surface area (Å²) < 4.78 is 1.57. The van der Waals surface area contributed by atoms with Crippen molar-refractivity contribution in [3.8, 4) is 23.1 Å². The summed E-state index contributed by atoms with van der Waals surface area (Å²) in [4.78, 5) is 15.4. The first-order valence-electron chi connectivity index (χ1n) is 11.1. The molecule has 0 aliphatic rings. The van der Waals surface area contributed by atoms with E-state index < -0.39 is 4.92 Å². The third kappa shape index (κ3) is 4.10. The molecule has 0 saturated carbocycles. The minimum absolute atomic E-state index is 0.0253. The Balaban J connectivity index is 1.51. The first kappa shape index (κ1) is 22.6. The quantitative estimate of drug-likeness (QED) is 0.266. The maximum atomic E-state index is 11.1. The van der Waals surface area contributed by atoms with Gasteiger partial charge in [-0.3, -0.25) is 10.1 Å². The van der Waals surface area contributed by atoms with Crippen LogP contribution in [0, 0.1) is 42.2 Å². The molecular formula is C26H20N8O2. The molecule has 0 fully saturated rings. The van der Waals surface area contributed by atoms with Gasteiger partial charge in [-0.05, 0) is 56.2 Å². The number of pyridine rings is 1. The highest BCUT2D eigenvalue weighted by atomic mass is 16.6. The highest BCUT2D eigenvalue weighted by Crippen LogP contribution is 2.28. The van der Waals surface area contributed by atoms with Crippen molar-refractivity contribution in [2.24, 2.45) is 0 Å². The number of nitro groups is 1. The van der Waals surface area contributed by atoms with Gasteiger partial charge in [-0.1, -0.05) is 23.8 Å². The molecule has 0 aliphatic heterocycles. The fourth-order valence-corrected chi connectivity index (χ4v) is 4.11. The molecule has 0 spiro atoms. The Hall–Kier alpha value is -5.17. The molecule has 5 rings (SSSR count). The second-order valence-corrected chi connectivity index (χ2v) is 8.44. The van der Waals surface area contributed by atoms with Crippen molar-refractivity contribution >= 4 is 28.2 Å². The zero-order valence-electron chi connectivity index (χ0n) is 19.7. The molecule has 0 bridgehead atoms. The highest BCUT2D eigenvalue weighted by molar-refractivity contribution is 5.86. The van der Waals surface area contributed by atoms with Gasteiger partial charge in [0.05, 0.1) is 22.3 Å². The lowest BCUT2D eigenvalue weighted by molar-refractivity contribution is -0.384. The molecule has 0 atom stereocenters. The number of nitrogens with one attached hydrogen (secondary N) is 1. The molecule has 0 radical (unpaired) electrons. The van der Waals surface area contributed by atoms with Gasteiger partial charge in [0.25, 0.3) is 5.69 Å². The summed E-state index contributed by atoms with van der Waals surface area (Å²) in [6, 6.07) is 17.8. The minimum atomic E-state index is -0.456. The number of rotatable bonds is 5. The van der Waals surface area contributed by atoms with Crippen LogP contribution in [0.3, 0.4) is 0 Å². The molecular weight excluding hydrogens is 456 g/mol. The SMILES string of the molecule is Cc1cc(C)c2nc(-n3ncc(C#N)c3Nc3ccc(-c4cccc([N+](=O)[O-])c4)nn3)cc(C)c2c1. The minimum Gasteiger partial charge on any atom is -0.322 e. The van der Waals surface area contributed by atoms with Crippen molar-refractivity contribution in [2.45, 2.75) is 20.8 Å². The Morgan fingerprint density at radius 3 is 2.58 bits per heavy atom. The van der Waals surface area contributed by atoms with Gasteiger partial charge in [0.1, 0.15) is 11.6 Å². The zero-order chi connectivity index (χ0) is 25.4. The summed E-state index contributed by atoms with van der Waals surface area (Å²) in [7, 11) is 0. The van der Waals surface area contributed by atoms with Gasteiger partial charge < -0.3 is 5.32 Å². The predicted octanol–water partition coefficient (Wildman–Crippen LogP) is 5.33. The average molecular weight is 477 g/mol. The number of aryl methyl sites for hydroxylation is 3. The number of nitrogens with zero attached hydrogens (tertiary/aromatic N) is 7. The molecule has 10 nitrogen and oxygen atoms in total. The van der Waals surface area contributed by atoms with Crippen molar-refractivity contribution in [3.05, 3.63) is 93.2 Å². The fraction of sp³-hybridized carbons (Fsp3) is 0.115. The zero-order valence-corrected chi connectivity index (χ0v) is 19.7. The van der Waals surface area contributed by atoms with Crippen LogP contribution < -0.4 is 5.32 Å². The summed E-state index contributed by atoms with van der Waals surface area (Å²) in [5.41, 5.74) is 5.49. The van der Waals surface area contributed by atoms with Crippen LogP contribution in [0.5, 0.6) is 0 Å². The number of aromatic nitrogens is 5. The van der Waals surface area contributed by atoms with Crippen LogP contribution in [0.1, 0.15) is 22.3 Å². The number of hydrogen-bond acceptors (Lipinski definition) is 8. The molecule has 1 N–H and O–H groups in total. The lowest BCUT2D eigenvalue weighted by Gasteiger charge is -2.13. The van der Waals surface area contributed by atoms with Crippen LogP contribution >= 0.6 is 0 Å². The van der Waals surface area contributed by atoms with Crippen LogP contribution in [0.25, 0.3) is 28.0 Å². The monoisotopic (exact) mass is 476 g/mol. The van der Waals surface area contributed by atoms with Crippen molar-refractivity contribution in [1.82, 2.24) is 25.0 Å². The van der Waals surface area contributed by atoms with E-state index in [1.807, 2.05) is 19.9 Å². The lowest BCUT2D eigenvalue weighted by atomic mass is 10.0. The smallest absolute Gasteiger partial charge is 0.270 e. The average Bonchev–Trinajstić information content (AvgIpc) is 3.27. The normalized spacial score (nSPS) is 10.8. The Morgan fingerprint density at radius 1 is 1.03 bits per heavy atom. The van der Waals surface area contributed by atoms with Crippen LogP contribution in [-0.2, 0) is 0 Å². The van der Waals surface area contributed by atoms with Crippen molar-refractivity contribution < 1.29 is 4.92 Å². The van der Waals surface area contributed by atoms with Crippen LogP contribution in [0.15, 0.2) is 60.8 Å². The second-order valence-electron chi connectivity index (χ2n) is 8.44. The topological polar surface area (TPSA) is 135 Å². The van der Waals surface area contributed by atoms with E-state index in [1.165, 1.54) is 18.3 Å². The molecule has 0 unspecified atom stereocenters. The summed E-state index contributed by atoms with van der Waals surface area (Å²) in [6.07, 6.45) is 1.47. The molecule has 3 aromatic heterocycles. The standard InChI is InChI=1S/C26H20N8O2/c1-15-9-17(3)25-21(10-15)16(2)11-24(30-25)33-26(19(13-27)14-28-33)29-23-8-7-22(31-32-23)18-5-4-6-20(12-18)34(35)36/h4-12,14H,1-3H3,(H,29,32). The number of nitro benzene ring substituents is 1. The maximum absolute atomic E-state index is 11.1. The fourth-order valence-electron chi connectivity index (χ4n) is 4.11. The summed E-state index contributed by atoms with van der Waals surface area (Å²) in [5, 5.41) is 37.7. The van der Waals surface area contributed by atoms with Gasteiger partial charge in [-0.15, -0.1) is 10.2 Å². The highest BCUT2D eigenvalue weighted by Gasteiger charge is 2.17. The van der Waals surface area contributed by atoms with Gasteiger partial charge in [0.15, 0.2) is 17.5 Å². The number of nitriles is 1. The van der Waals surface area contributed by atoms with E-state index in [-0.39, 0.29) is 5.69 Å². The first-order valence-corrected chi connectivity index (χ1v) is 11.1. The van der Waals surface area contributed by atoms with Gasteiger partial charge in [0.2, 0.25) is 0 Å². The molecule has 10 heteroatoms. The first-order chi connectivity index (χ1) is 17.3. The van der Waals surface area contributed by atoms with E-state index in [1.54, 1.807) is 28.9 Å². The number of benzene rings is 2. The van der Waals surface area contributed by atoms with E-state index in [2.05, 4.69) is 45.7 Å². The Kier molecular flexibility index (Phi) is 5.58. The van der Waals surface area contributed by atoms with Crippen molar-refractivity contribution in [3.63, 3.8) is 0 Å². The Labute approximate surface area is 206 Å². The number of fused-ring (bicyclic) bond motifs is 1. The largest absolute Gasteiger partial charge is 0.322 e. The van der Waals surface area contributed by atoms with Crippen molar-refractivity contribution in [2.75, 3.05) is 5.32 Å². The molecule has 2 aromatic carbocycles. The van der Waals surface area contributed by atoms with Gasteiger partial charge in [0, 0.05) is 23.1 Å². The molecule has 176 valence electrons. The molecule has 0 aliphatic carbocycles. The van der Waals surface area contributed by atoms with Crippen LogP contribution in [-0.4, -0.2) is 29.9 Å². The van der Waals surface area contributed by atoms with E-state index in [0.29, 0.717) is 34.3 Å². The molecule has 3 heterocycles. The number of non-ortho nitro benzene ring substituents is 1. The Bertz CT molecular complexity index is 1680. The predicted molar refractivity (Wildman–Crippen MR) is 135 cm³/mol. The van der Waals surface area contributed by atoms with Gasteiger partial charge in [-0.2, -0.15) is 15.0 Å². The number of anilines is 2. The van der Waals surface area contributed by atoms with Gasteiger partial charge in [-0.25, -0.2) is 4.98 Å². The van der Waals surface area contributed by atoms with E-state index in [9.17, 15) is 15.4 Å². The molecule has 36 heavy (non-hydrogen) atoms.